The van der Waals surface area contributed by atoms with Crippen molar-refractivity contribution in [3.63, 3.8) is 0 Å². The molecule has 0 atom stereocenters. The summed E-state index contributed by atoms with van der Waals surface area (Å²) in [6.45, 7) is 0.169. The van der Waals surface area contributed by atoms with Gasteiger partial charge < -0.3 is 5.73 Å². The Balaban J connectivity index is 0.000000980. The van der Waals surface area contributed by atoms with Crippen molar-refractivity contribution in [2.45, 2.75) is 25.4 Å². The van der Waals surface area contributed by atoms with Crippen LogP contribution in [0.2, 0.25) is 0 Å². The predicted molar refractivity (Wildman–Crippen MR) is 54.7 cm³/mol. The summed E-state index contributed by atoms with van der Waals surface area (Å²) in [7, 11) is 0. The van der Waals surface area contributed by atoms with Crippen molar-refractivity contribution in [3.05, 3.63) is 32.6 Å². The molecule has 3 N–H and O–H groups in total. The van der Waals surface area contributed by atoms with Gasteiger partial charge in [-0.1, -0.05) is 0 Å². The summed E-state index contributed by atoms with van der Waals surface area (Å²) in [5, 5.41) is 0. The van der Waals surface area contributed by atoms with Crippen LogP contribution in [0.1, 0.15) is 24.4 Å². The van der Waals surface area contributed by atoms with Gasteiger partial charge in [-0.3, -0.25) is 14.3 Å². The molecule has 0 aliphatic heterocycles. The van der Waals surface area contributed by atoms with Crippen LogP contribution in [0.5, 0.6) is 0 Å². The Kier molecular flexibility index (Phi) is 3.13. The van der Waals surface area contributed by atoms with Gasteiger partial charge in [0.25, 0.3) is 5.56 Å². The van der Waals surface area contributed by atoms with E-state index in [0.717, 1.165) is 12.8 Å². The Morgan fingerprint density at radius 3 is 2.64 bits per heavy atom. The zero-order valence-corrected chi connectivity index (χ0v) is 8.34. The number of hydrogen-bond donors (Lipinski definition) is 2. The van der Waals surface area contributed by atoms with Gasteiger partial charge in [0.05, 0.1) is 0 Å². The highest BCUT2D eigenvalue weighted by Crippen LogP contribution is 2.32. The quantitative estimate of drug-likeness (QED) is 0.717. The lowest BCUT2D eigenvalue weighted by Gasteiger charge is -2.03. The topological polar surface area (TPSA) is 80.9 Å². The molecule has 1 aliphatic rings. The molecule has 1 fully saturated rings. The van der Waals surface area contributed by atoms with Gasteiger partial charge in [-0.15, -0.1) is 12.4 Å². The Bertz CT molecular complexity index is 433. The Morgan fingerprint density at radius 2 is 2.14 bits per heavy atom. The SMILES string of the molecule is Cl.NCc1cn(C2CC2)c(=O)[nH]c1=O. The highest BCUT2D eigenvalue weighted by atomic mass is 35.5. The van der Waals surface area contributed by atoms with Crippen LogP contribution in [0.25, 0.3) is 0 Å². The first kappa shape index (κ1) is 11.0. The molecule has 1 aromatic rings. The molecule has 78 valence electrons. The average Bonchev–Trinajstić information content (AvgIpc) is 2.88. The van der Waals surface area contributed by atoms with E-state index < -0.39 is 0 Å². The van der Waals surface area contributed by atoms with E-state index in [1.807, 2.05) is 0 Å². The van der Waals surface area contributed by atoms with Crippen molar-refractivity contribution < 1.29 is 0 Å². The summed E-state index contributed by atoms with van der Waals surface area (Å²) >= 11 is 0. The molecule has 0 amide bonds. The van der Waals surface area contributed by atoms with Gasteiger partial charge >= 0.3 is 5.69 Å². The van der Waals surface area contributed by atoms with Gasteiger partial charge in [-0.25, -0.2) is 4.79 Å². The average molecular weight is 218 g/mol. The number of aromatic nitrogens is 2. The normalized spacial score (nSPS) is 14.9. The molecule has 1 saturated carbocycles. The lowest BCUT2D eigenvalue weighted by molar-refractivity contribution is 0.664. The molecular weight excluding hydrogens is 206 g/mol. The third-order valence-corrected chi connectivity index (χ3v) is 2.20. The van der Waals surface area contributed by atoms with Crippen LogP contribution in [0.15, 0.2) is 15.8 Å². The number of hydrogen-bond acceptors (Lipinski definition) is 3. The zero-order chi connectivity index (χ0) is 9.42. The first-order chi connectivity index (χ1) is 6.22. The van der Waals surface area contributed by atoms with Gasteiger partial charge in [-0.05, 0) is 12.8 Å². The fraction of sp³-hybridized carbons (Fsp3) is 0.500. The van der Waals surface area contributed by atoms with E-state index in [1.54, 1.807) is 10.8 Å². The van der Waals surface area contributed by atoms with Crippen molar-refractivity contribution in [1.82, 2.24) is 9.55 Å². The maximum absolute atomic E-state index is 11.3. The van der Waals surface area contributed by atoms with Gasteiger partial charge in [0.15, 0.2) is 0 Å². The molecule has 0 spiro atoms. The Hall–Kier alpha value is -1.07. The minimum Gasteiger partial charge on any atom is -0.326 e. The highest BCUT2D eigenvalue weighted by Gasteiger charge is 2.24. The Morgan fingerprint density at radius 1 is 1.50 bits per heavy atom. The molecule has 0 saturated heterocycles. The third-order valence-electron chi connectivity index (χ3n) is 2.20. The second kappa shape index (κ2) is 3.98. The van der Waals surface area contributed by atoms with E-state index in [0.29, 0.717) is 5.56 Å². The van der Waals surface area contributed by atoms with Crippen molar-refractivity contribution >= 4 is 12.4 Å². The molecular formula is C8H12ClN3O2. The summed E-state index contributed by atoms with van der Waals surface area (Å²) < 4.78 is 1.56. The molecule has 1 aliphatic carbocycles. The summed E-state index contributed by atoms with van der Waals surface area (Å²) in [5.74, 6) is 0. The fourth-order valence-corrected chi connectivity index (χ4v) is 1.30. The molecule has 2 rings (SSSR count). The van der Waals surface area contributed by atoms with E-state index in [-0.39, 0.29) is 36.2 Å². The van der Waals surface area contributed by atoms with Gasteiger partial charge in [-0.2, -0.15) is 0 Å². The molecule has 1 heterocycles. The number of halogens is 1. The number of rotatable bonds is 2. The standard InChI is InChI=1S/C8H11N3O2.ClH/c9-3-5-4-11(6-1-2-6)8(13)10-7(5)12;/h4,6H,1-3,9H2,(H,10,12,13);1H. The Labute approximate surface area is 86.4 Å². The van der Waals surface area contributed by atoms with Gasteiger partial charge in [0, 0.05) is 24.3 Å². The van der Waals surface area contributed by atoms with E-state index in [2.05, 4.69) is 4.98 Å². The summed E-state index contributed by atoms with van der Waals surface area (Å²) in [4.78, 5) is 24.6. The van der Waals surface area contributed by atoms with Gasteiger partial charge in [0.2, 0.25) is 0 Å². The third kappa shape index (κ3) is 1.88. The first-order valence-corrected chi connectivity index (χ1v) is 4.27. The monoisotopic (exact) mass is 217 g/mol. The van der Waals surface area contributed by atoms with Crippen molar-refractivity contribution in [2.24, 2.45) is 5.73 Å². The summed E-state index contributed by atoms with van der Waals surface area (Å²) in [5.41, 5.74) is 5.12. The minimum absolute atomic E-state index is 0. The smallest absolute Gasteiger partial charge is 0.326 e. The molecule has 6 heteroatoms. The molecule has 0 unspecified atom stereocenters. The van der Waals surface area contributed by atoms with Crippen LogP contribution in [-0.4, -0.2) is 9.55 Å². The molecule has 0 bridgehead atoms. The van der Waals surface area contributed by atoms with E-state index in [4.69, 9.17) is 5.73 Å². The number of nitrogens with two attached hydrogens (primary N) is 1. The summed E-state index contributed by atoms with van der Waals surface area (Å²) in [6.07, 6.45) is 3.59. The van der Waals surface area contributed by atoms with Crippen LogP contribution in [0.4, 0.5) is 0 Å². The lowest BCUT2D eigenvalue weighted by Crippen LogP contribution is -2.32. The predicted octanol–water partition coefficient (Wildman–Crippen LogP) is -0.248. The number of aromatic amines is 1. The van der Waals surface area contributed by atoms with Crippen molar-refractivity contribution in [1.29, 1.82) is 0 Å². The largest absolute Gasteiger partial charge is 0.328 e. The first-order valence-electron chi connectivity index (χ1n) is 4.27. The van der Waals surface area contributed by atoms with Crippen molar-refractivity contribution in [3.8, 4) is 0 Å². The van der Waals surface area contributed by atoms with E-state index in [9.17, 15) is 9.59 Å². The van der Waals surface area contributed by atoms with Crippen molar-refractivity contribution in [2.75, 3.05) is 0 Å². The van der Waals surface area contributed by atoms with E-state index in [1.165, 1.54) is 0 Å². The molecule has 0 aromatic carbocycles. The zero-order valence-electron chi connectivity index (χ0n) is 7.53. The van der Waals surface area contributed by atoms with Crippen LogP contribution in [0, 0.1) is 0 Å². The summed E-state index contributed by atoms with van der Waals surface area (Å²) in [6, 6.07) is 0.273. The number of H-pyrrole nitrogens is 1. The number of nitrogens with one attached hydrogen (secondary N) is 1. The second-order valence-corrected chi connectivity index (χ2v) is 3.26. The molecule has 0 radical (unpaired) electrons. The maximum Gasteiger partial charge on any atom is 0.328 e. The molecule has 1 aromatic heterocycles. The maximum atomic E-state index is 11.3. The van der Waals surface area contributed by atoms with Crippen LogP contribution in [-0.2, 0) is 6.54 Å². The van der Waals surface area contributed by atoms with Gasteiger partial charge in [0.1, 0.15) is 0 Å². The van der Waals surface area contributed by atoms with Crippen LogP contribution < -0.4 is 17.0 Å². The van der Waals surface area contributed by atoms with Crippen LogP contribution in [0.3, 0.4) is 0 Å². The fourth-order valence-electron chi connectivity index (χ4n) is 1.30. The van der Waals surface area contributed by atoms with E-state index >= 15 is 0 Å². The number of nitrogens with zero attached hydrogens (tertiary/aromatic N) is 1. The molecule has 5 nitrogen and oxygen atoms in total. The van der Waals surface area contributed by atoms with Crippen LogP contribution >= 0.6 is 12.4 Å². The molecule has 14 heavy (non-hydrogen) atoms. The minimum atomic E-state index is -0.371. The highest BCUT2D eigenvalue weighted by molar-refractivity contribution is 5.85. The lowest BCUT2D eigenvalue weighted by atomic mass is 10.3. The second-order valence-electron chi connectivity index (χ2n) is 3.26.